The van der Waals surface area contributed by atoms with Gasteiger partial charge in [0, 0.05) is 25.4 Å². The van der Waals surface area contributed by atoms with E-state index in [9.17, 15) is 0 Å². The summed E-state index contributed by atoms with van der Waals surface area (Å²) in [5.41, 5.74) is 0. The summed E-state index contributed by atoms with van der Waals surface area (Å²) < 4.78 is 11.0. The highest BCUT2D eigenvalue weighted by Gasteiger charge is 2.24. The topological polar surface area (TPSA) is 91.7 Å². The highest BCUT2D eigenvalue weighted by molar-refractivity contribution is 5.79. The fourth-order valence-corrected chi connectivity index (χ4v) is 3.51. The zero-order chi connectivity index (χ0) is 20.5. The number of nitrogens with one attached hydrogen (secondary N) is 2. The van der Waals surface area contributed by atoms with E-state index in [4.69, 9.17) is 13.9 Å². The predicted molar refractivity (Wildman–Crippen MR) is 113 cm³/mol. The summed E-state index contributed by atoms with van der Waals surface area (Å²) in [6.07, 6.45) is 6.19. The average molecular weight is 403 g/mol. The van der Waals surface area contributed by atoms with E-state index in [1.807, 2.05) is 6.07 Å². The Bertz CT molecular complexity index is 734. The Morgan fingerprint density at radius 2 is 2.07 bits per heavy atom. The van der Waals surface area contributed by atoms with Gasteiger partial charge in [0.2, 0.25) is 5.89 Å². The molecule has 3 rings (SSSR count). The molecule has 2 aromatic rings. The molecule has 2 N–H and O–H groups in total. The summed E-state index contributed by atoms with van der Waals surface area (Å²) in [6, 6.07) is 4.18. The van der Waals surface area contributed by atoms with E-state index in [1.165, 1.54) is 19.3 Å². The van der Waals surface area contributed by atoms with Gasteiger partial charge in [-0.3, -0.25) is 9.89 Å². The molecule has 8 nitrogen and oxygen atoms in total. The van der Waals surface area contributed by atoms with Crippen LogP contribution in [0.5, 0.6) is 0 Å². The van der Waals surface area contributed by atoms with Crippen molar-refractivity contribution in [2.45, 2.75) is 58.4 Å². The van der Waals surface area contributed by atoms with Gasteiger partial charge >= 0.3 is 0 Å². The maximum atomic E-state index is 5.72. The van der Waals surface area contributed by atoms with Crippen molar-refractivity contribution in [2.24, 2.45) is 4.99 Å². The predicted octanol–water partition coefficient (Wildman–Crippen LogP) is 3.11. The van der Waals surface area contributed by atoms with Crippen molar-refractivity contribution in [3.63, 3.8) is 0 Å². The second kappa shape index (κ2) is 11.0. The molecule has 1 atom stereocenters. The number of hydrogen-bond donors (Lipinski definition) is 2. The molecule has 1 aliphatic heterocycles. The maximum Gasteiger partial charge on any atom is 0.228 e. The van der Waals surface area contributed by atoms with Gasteiger partial charge in [-0.15, -0.1) is 0 Å². The summed E-state index contributed by atoms with van der Waals surface area (Å²) in [5, 5.41) is 10.7. The lowest BCUT2D eigenvalue weighted by Crippen LogP contribution is -2.40. The van der Waals surface area contributed by atoms with Crippen molar-refractivity contribution in [2.75, 3.05) is 32.7 Å². The number of furan rings is 1. The second-order valence-corrected chi connectivity index (χ2v) is 7.73. The van der Waals surface area contributed by atoms with Crippen molar-refractivity contribution >= 4 is 5.96 Å². The highest BCUT2D eigenvalue weighted by atomic mass is 16.5. The lowest BCUT2D eigenvalue weighted by Gasteiger charge is -2.32. The fourth-order valence-electron chi connectivity index (χ4n) is 3.51. The molecule has 1 unspecified atom stereocenters. The molecule has 0 bridgehead atoms. The monoisotopic (exact) mass is 402 g/mol. The van der Waals surface area contributed by atoms with E-state index in [-0.39, 0.29) is 12.0 Å². The molecule has 0 radical (unpaired) electrons. The SMILES string of the molecule is CCNC(=NCC(c1ccco1)N1CCCCC1)NCCc1nc(C(C)C)no1. The fraction of sp³-hybridized carbons (Fsp3) is 0.667. The minimum atomic E-state index is 0.172. The number of aromatic nitrogens is 2. The highest BCUT2D eigenvalue weighted by Crippen LogP contribution is 2.25. The summed E-state index contributed by atoms with van der Waals surface area (Å²) >= 11 is 0. The molecular formula is C21H34N6O2. The summed E-state index contributed by atoms with van der Waals surface area (Å²) in [4.78, 5) is 11.7. The van der Waals surface area contributed by atoms with Crippen LogP contribution in [0.4, 0.5) is 0 Å². The quantitative estimate of drug-likeness (QED) is 0.492. The first-order chi connectivity index (χ1) is 14.2. The van der Waals surface area contributed by atoms with Gasteiger partial charge in [0.15, 0.2) is 11.8 Å². The van der Waals surface area contributed by atoms with Gasteiger partial charge in [0.1, 0.15) is 5.76 Å². The van der Waals surface area contributed by atoms with Crippen LogP contribution in [-0.4, -0.2) is 53.7 Å². The van der Waals surface area contributed by atoms with Gasteiger partial charge < -0.3 is 19.6 Å². The molecule has 0 amide bonds. The molecule has 1 saturated heterocycles. The first-order valence-corrected chi connectivity index (χ1v) is 10.8. The van der Waals surface area contributed by atoms with Crippen LogP contribution in [0.1, 0.15) is 69.5 Å². The van der Waals surface area contributed by atoms with Crippen LogP contribution in [0.2, 0.25) is 0 Å². The molecule has 1 aliphatic rings. The van der Waals surface area contributed by atoms with Crippen LogP contribution in [0, 0.1) is 0 Å². The van der Waals surface area contributed by atoms with Crippen molar-refractivity contribution in [3.05, 3.63) is 35.9 Å². The Balaban J connectivity index is 1.58. The van der Waals surface area contributed by atoms with Crippen LogP contribution in [0.25, 0.3) is 0 Å². The smallest absolute Gasteiger partial charge is 0.228 e. The van der Waals surface area contributed by atoms with Crippen molar-refractivity contribution in [1.82, 2.24) is 25.7 Å². The van der Waals surface area contributed by atoms with E-state index in [0.717, 1.165) is 37.2 Å². The maximum absolute atomic E-state index is 5.72. The Morgan fingerprint density at radius 3 is 2.72 bits per heavy atom. The Morgan fingerprint density at radius 1 is 1.24 bits per heavy atom. The Kier molecular flexibility index (Phi) is 8.10. The third-order valence-electron chi connectivity index (χ3n) is 5.10. The molecule has 0 saturated carbocycles. The van der Waals surface area contributed by atoms with E-state index in [1.54, 1.807) is 6.26 Å². The molecule has 3 heterocycles. The standard InChI is InChI=1S/C21H34N6O2/c1-4-22-21(23-11-10-19-25-20(16(2)3)26-29-19)24-15-17(18-9-8-14-28-18)27-12-6-5-7-13-27/h8-9,14,16-17H,4-7,10-13,15H2,1-3H3,(H2,22,23,24). The third kappa shape index (κ3) is 6.32. The molecule has 0 aromatic carbocycles. The first kappa shape index (κ1) is 21.4. The number of hydrogen-bond acceptors (Lipinski definition) is 6. The largest absolute Gasteiger partial charge is 0.468 e. The van der Waals surface area contributed by atoms with E-state index in [2.05, 4.69) is 52.5 Å². The van der Waals surface area contributed by atoms with Crippen molar-refractivity contribution in [1.29, 1.82) is 0 Å². The molecule has 29 heavy (non-hydrogen) atoms. The number of rotatable bonds is 9. The molecule has 0 spiro atoms. The number of likely N-dealkylation sites (tertiary alicyclic amines) is 1. The van der Waals surface area contributed by atoms with E-state index in [0.29, 0.717) is 25.4 Å². The first-order valence-electron chi connectivity index (χ1n) is 10.8. The number of piperidine rings is 1. The van der Waals surface area contributed by atoms with Crippen LogP contribution < -0.4 is 10.6 Å². The van der Waals surface area contributed by atoms with Crippen LogP contribution in [-0.2, 0) is 6.42 Å². The van der Waals surface area contributed by atoms with Gasteiger partial charge in [-0.05, 0) is 45.0 Å². The molecule has 160 valence electrons. The molecule has 1 fully saturated rings. The van der Waals surface area contributed by atoms with Crippen molar-refractivity contribution < 1.29 is 8.94 Å². The lowest BCUT2D eigenvalue weighted by molar-refractivity contribution is 0.150. The number of guanidine groups is 1. The van der Waals surface area contributed by atoms with Gasteiger partial charge in [-0.1, -0.05) is 25.4 Å². The third-order valence-corrected chi connectivity index (χ3v) is 5.10. The van der Waals surface area contributed by atoms with Gasteiger partial charge in [-0.25, -0.2) is 0 Å². The minimum Gasteiger partial charge on any atom is -0.468 e. The Hall–Kier alpha value is -2.35. The van der Waals surface area contributed by atoms with Crippen molar-refractivity contribution in [3.8, 4) is 0 Å². The summed E-state index contributed by atoms with van der Waals surface area (Å²) in [5.74, 6) is 3.46. The molecule has 2 aromatic heterocycles. The Labute approximate surface area is 173 Å². The summed E-state index contributed by atoms with van der Waals surface area (Å²) in [7, 11) is 0. The van der Waals surface area contributed by atoms with Crippen LogP contribution >= 0.6 is 0 Å². The zero-order valence-corrected chi connectivity index (χ0v) is 17.9. The lowest BCUT2D eigenvalue weighted by atomic mass is 10.1. The zero-order valence-electron chi connectivity index (χ0n) is 17.9. The van der Waals surface area contributed by atoms with Crippen LogP contribution in [0.15, 0.2) is 32.3 Å². The molecule has 8 heteroatoms. The van der Waals surface area contributed by atoms with Gasteiger partial charge in [0.05, 0.1) is 18.8 Å². The van der Waals surface area contributed by atoms with Crippen LogP contribution in [0.3, 0.4) is 0 Å². The normalized spacial score (nSPS) is 16.9. The summed E-state index contributed by atoms with van der Waals surface area (Å²) in [6.45, 7) is 10.5. The van der Waals surface area contributed by atoms with Gasteiger partial charge in [-0.2, -0.15) is 4.98 Å². The van der Waals surface area contributed by atoms with E-state index < -0.39 is 0 Å². The van der Waals surface area contributed by atoms with E-state index >= 15 is 0 Å². The number of nitrogens with zero attached hydrogens (tertiary/aromatic N) is 4. The number of aliphatic imine (C=N–C) groups is 1. The molecular weight excluding hydrogens is 368 g/mol. The molecule has 0 aliphatic carbocycles. The second-order valence-electron chi connectivity index (χ2n) is 7.73. The van der Waals surface area contributed by atoms with Gasteiger partial charge in [0.25, 0.3) is 0 Å². The average Bonchev–Trinajstić information content (AvgIpc) is 3.41. The minimum absolute atomic E-state index is 0.172.